The van der Waals surface area contributed by atoms with Crippen LogP contribution in [-0.2, 0) is 10.1 Å². The van der Waals surface area contributed by atoms with Crippen LogP contribution in [0.25, 0.3) is 0 Å². The Bertz CT molecular complexity index is 779. The molecule has 0 unspecified atom stereocenters. The molecular formula is C16H20ClF3N2O3S. The largest absolute Gasteiger partial charge is 0.741 e. The summed E-state index contributed by atoms with van der Waals surface area (Å²) in [6.07, 6.45) is 3.91. The highest BCUT2D eigenvalue weighted by molar-refractivity contribution is 7.86. The fourth-order valence-electron chi connectivity index (χ4n) is 3.59. The summed E-state index contributed by atoms with van der Waals surface area (Å²) in [5.74, 6) is 1.36. The van der Waals surface area contributed by atoms with E-state index in [0.29, 0.717) is 5.92 Å². The molecule has 0 N–H and O–H groups in total. The molecule has 1 aliphatic carbocycles. The molecule has 1 fully saturated rings. The Hall–Kier alpha value is -1.19. The normalized spacial score (nSPS) is 25.5. The topological polar surface area (TPSA) is 72.6 Å². The second-order valence-electron chi connectivity index (χ2n) is 6.79. The molecular weight excluding hydrogens is 393 g/mol. The summed E-state index contributed by atoms with van der Waals surface area (Å²) in [7, 11) is -6.09. The van der Waals surface area contributed by atoms with Gasteiger partial charge in [0.25, 0.3) is 0 Å². The minimum atomic E-state index is -6.09. The van der Waals surface area contributed by atoms with Crippen LogP contribution in [0.3, 0.4) is 0 Å². The van der Waals surface area contributed by atoms with Crippen molar-refractivity contribution in [3.63, 3.8) is 0 Å². The Kier molecular flexibility index (Phi) is 6.04. The van der Waals surface area contributed by atoms with Crippen molar-refractivity contribution in [1.82, 2.24) is 0 Å². The molecule has 0 aromatic heterocycles. The fraction of sp³-hybridized carbons (Fsp3) is 0.625. The summed E-state index contributed by atoms with van der Waals surface area (Å²) in [6.45, 7) is 5.69. The Balaban J connectivity index is 0.000000260. The minimum absolute atomic E-state index is 0.194. The summed E-state index contributed by atoms with van der Waals surface area (Å²) < 4.78 is 61.1. The molecule has 0 amide bonds. The van der Waals surface area contributed by atoms with Gasteiger partial charge in [-0.25, -0.2) is 8.42 Å². The van der Waals surface area contributed by atoms with E-state index in [4.69, 9.17) is 29.7 Å². The van der Waals surface area contributed by atoms with E-state index in [0.717, 1.165) is 17.5 Å². The molecule has 3 rings (SSSR count). The van der Waals surface area contributed by atoms with Gasteiger partial charge in [-0.05, 0) is 36.0 Å². The molecule has 0 bridgehead atoms. The van der Waals surface area contributed by atoms with Gasteiger partial charge in [0.2, 0.25) is 5.69 Å². The summed E-state index contributed by atoms with van der Waals surface area (Å²) >= 11 is 5.94. The van der Waals surface area contributed by atoms with Crippen LogP contribution in [0.1, 0.15) is 33.1 Å². The van der Waals surface area contributed by atoms with Gasteiger partial charge in [0.1, 0.15) is 5.54 Å². The molecule has 2 atom stereocenters. The Labute approximate surface area is 155 Å². The number of nitrogens with zero attached hydrogens (tertiary/aromatic N) is 2. The third-order valence-electron chi connectivity index (χ3n) is 4.94. The molecule has 1 aromatic rings. The Morgan fingerprint density at radius 3 is 2.27 bits per heavy atom. The molecule has 5 nitrogen and oxygen atoms in total. The average molecular weight is 413 g/mol. The van der Waals surface area contributed by atoms with Gasteiger partial charge < -0.3 is 4.55 Å². The van der Waals surface area contributed by atoms with Gasteiger partial charge >= 0.3 is 5.51 Å². The van der Waals surface area contributed by atoms with Crippen LogP contribution in [0.5, 0.6) is 0 Å². The van der Waals surface area contributed by atoms with Crippen molar-refractivity contribution < 1.29 is 30.8 Å². The molecule has 1 heterocycles. The van der Waals surface area contributed by atoms with E-state index >= 15 is 0 Å². The predicted molar refractivity (Wildman–Crippen MR) is 89.3 cm³/mol. The van der Waals surface area contributed by atoms with E-state index in [1.807, 2.05) is 12.1 Å². The molecule has 0 radical (unpaired) electrons. The third-order valence-corrected chi connectivity index (χ3v) is 5.76. The van der Waals surface area contributed by atoms with Gasteiger partial charge in [-0.3, -0.25) is 0 Å². The lowest BCUT2D eigenvalue weighted by Crippen LogP contribution is -2.34. The number of fused-ring (bicyclic) bond motifs is 1. The van der Waals surface area contributed by atoms with E-state index in [-0.39, 0.29) is 5.54 Å². The molecule has 2 aliphatic rings. The van der Waals surface area contributed by atoms with Crippen molar-refractivity contribution in [3.8, 4) is 0 Å². The van der Waals surface area contributed by atoms with Crippen molar-refractivity contribution in [1.29, 1.82) is 0 Å². The fourth-order valence-corrected chi connectivity index (χ4v) is 3.72. The first-order chi connectivity index (χ1) is 11.9. The maximum atomic E-state index is 10.7. The number of alkyl halides is 3. The van der Waals surface area contributed by atoms with Crippen LogP contribution in [0.15, 0.2) is 29.4 Å². The molecule has 1 aliphatic heterocycles. The number of halogens is 4. The molecule has 1 aromatic carbocycles. The van der Waals surface area contributed by atoms with Crippen LogP contribution in [0.4, 0.5) is 18.9 Å². The number of azo groups is 2. The van der Waals surface area contributed by atoms with Crippen molar-refractivity contribution >= 4 is 27.4 Å². The smallest absolute Gasteiger partial charge is 0.485 e. The maximum Gasteiger partial charge on any atom is 0.485 e. The van der Waals surface area contributed by atoms with Gasteiger partial charge in [-0.15, -0.1) is 0 Å². The van der Waals surface area contributed by atoms with E-state index in [1.54, 1.807) is 0 Å². The Morgan fingerprint density at radius 1 is 1.31 bits per heavy atom. The second-order valence-corrected chi connectivity index (χ2v) is 8.60. The number of rotatable bonds is 2. The van der Waals surface area contributed by atoms with Crippen molar-refractivity contribution in [3.05, 3.63) is 29.3 Å². The van der Waals surface area contributed by atoms with E-state index in [9.17, 15) is 13.2 Å². The maximum absolute atomic E-state index is 10.7. The summed E-state index contributed by atoms with van der Waals surface area (Å²) in [5, 5.41) is 5.86. The second kappa shape index (κ2) is 7.44. The van der Waals surface area contributed by atoms with E-state index in [2.05, 4.69) is 30.7 Å². The van der Waals surface area contributed by atoms with Crippen LogP contribution in [0, 0.1) is 11.8 Å². The van der Waals surface area contributed by atoms with Gasteiger partial charge in [0, 0.05) is 17.2 Å². The highest BCUT2D eigenvalue weighted by Crippen LogP contribution is 2.48. The lowest BCUT2D eigenvalue weighted by atomic mass is 9.79. The molecule has 0 spiro atoms. The zero-order chi connectivity index (χ0) is 19.8. The standard InChI is InChI=1S/C15H20ClN2.CHF3O3S/c1-11(2)15-9-3-4-12(15)10-18(17-15)14-7-5-13(16)6-8-14;2-1(3,4)8(5,6)7/h5-8,11-12H,3-4,9-10H2,1-2H3;(H,5,6,7)/q+1;/p-1/t12-,15+;/m0./s1. The lowest BCUT2D eigenvalue weighted by molar-refractivity contribution is -0.504. The summed E-state index contributed by atoms with van der Waals surface area (Å²) in [4.78, 5) is 0. The molecule has 26 heavy (non-hydrogen) atoms. The van der Waals surface area contributed by atoms with Crippen LogP contribution in [-0.4, -0.2) is 35.3 Å². The molecule has 1 saturated carbocycles. The van der Waals surface area contributed by atoms with Gasteiger partial charge in [0.15, 0.2) is 16.7 Å². The first-order valence-electron chi connectivity index (χ1n) is 8.15. The molecule has 10 heteroatoms. The third kappa shape index (κ3) is 4.37. The first-order valence-corrected chi connectivity index (χ1v) is 9.93. The van der Waals surface area contributed by atoms with Gasteiger partial charge in [0.05, 0.1) is 5.92 Å². The van der Waals surface area contributed by atoms with E-state index in [1.165, 1.54) is 24.9 Å². The number of benzene rings is 1. The quantitative estimate of drug-likeness (QED) is 0.401. The predicted octanol–water partition coefficient (Wildman–Crippen LogP) is 4.70. The minimum Gasteiger partial charge on any atom is -0.741 e. The zero-order valence-corrected chi connectivity index (χ0v) is 15.9. The van der Waals surface area contributed by atoms with Gasteiger partial charge in [-0.1, -0.05) is 36.6 Å². The van der Waals surface area contributed by atoms with Crippen molar-refractivity contribution in [2.75, 3.05) is 6.54 Å². The van der Waals surface area contributed by atoms with Crippen molar-refractivity contribution in [2.24, 2.45) is 17.0 Å². The summed E-state index contributed by atoms with van der Waals surface area (Å²) in [5.41, 5.74) is -4.28. The van der Waals surface area contributed by atoms with Crippen LogP contribution >= 0.6 is 11.6 Å². The highest BCUT2D eigenvalue weighted by Gasteiger charge is 2.55. The number of hydrogen-bond donors (Lipinski definition) is 0. The van der Waals surface area contributed by atoms with E-state index < -0.39 is 15.6 Å². The van der Waals surface area contributed by atoms with Gasteiger partial charge in [-0.2, -0.15) is 13.2 Å². The van der Waals surface area contributed by atoms with Crippen LogP contribution < -0.4 is 0 Å². The van der Waals surface area contributed by atoms with Crippen molar-refractivity contribution in [2.45, 2.75) is 44.2 Å². The average Bonchev–Trinajstić information content (AvgIpc) is 3.04. The Morgan fingerprint density at radius 2 is 1.85 bits per heavy atom. The highest BCUT2D eigenvalue weighted by atomic mass is 35.5. The zero-order valence-electron chi connectivity index (χ0n) is 14.3. The first kappa shape index (κ1) is 21.1. The lowest BCUT2D eigenvalue weighted by Gasteiger charge is -2.24. The van der Waals surface area contributed by atoms with Crippen LogP contribution in [0.2, 0.25) is 5.02 Å². The molecule has 0 saturated heterocycles. The summed E-state index contributed by atoms with van der Waals surface area (Å²) in [6, 6.07) is 8.03. The SMILES string of the molecule is CC(C)[C@]12CCC[C@H]1C[N+](c1ccc(Cl)cc1)=N2.O=S(=O)([O-])C(F)(F)F. The molecule has 146 valence electrons. The number of hydrogen-bond acceptors (Lipinski definition) is 4. The monoisotopic (exact) mass is 412 g/mol.